The number of aromatic nitrogens is 14. The highest BCUT2D eigenvalue weighted by atomic mass is 32.1. The average molecular weight is 2040 g/mol. The number of amides is 6. The van der Waals surface area contributed by atoms with Crippen LogP contribution in [0.15, 0.2) is 212 Å². The van der Waals surface area contributed by atoms with E-state index in [0.717, 1.165) is 143 Å². The minimum Gasteiger partial charge on any atom is -0.350 e. The highest BCUT2D eigenvalue weighted by Gasteiger charge is 2.40. The maximum atomic E-state index is 13.2. The molecular formula is C93H92F15N23O6S4. The van der Waals surface area contributed by atoms with Crippen molar-refractivity contribution in [3.63, 3.8) is 0 Å². The van der Waals surface area contributed by atoms with Gasteiger partial charge in [0, 0.05) is 128 Å². The van der Waals surface area contributed by atoms with Crippen molar-refractivity contribution in [3.8, 4) is 81.9 Å². The summed E-state index contributed by atoms with van der Waals surface area (Å²) in [5, 5.41) is 29.6. The highest BCUT2D eigenvalue weighted by Crippen LogP contribution is 2.41. The van der Waals surface area contributed by atoms with Crippen LogP contribution in [0.25, 0.3) is 81.9 Å². The van der Waals surface area contributed by atoms with Crippen LogP contribution in [-0.4, -0.2) is 211 Å². The number of nitrogens with one attached hydrogen (secondary N) is 3. The number of hydrogen-bond donors (Lipinski definition) is 4. The van der Waals surface area contributed by atoms with E-state index in [2.05, 4.69) is 62.8 Å². The molecule has 0 unspecified atom stereocenters. The molecule has 0 bridgehead atoms. The van der Waals surface area contributed by atoms with Crippen LogP contribution in [0.1, 0.15) is 113 Å². The number of benzene rings is 3. The van der Waals surface area contributed by atoms with Gasteiger partial charge in [0.1, 0.15) is 45.6 Å². The molecule has 13 heterocycles. The Hall–Kier alpha value is -14.3. The van der Waals surface area contributed by atoms with E-state index in [1.54, 1.807) is 170 Å². The van der Waals surface area contributed by atoms with Crippen LogP contribution in [-0.2, 0) is 65.6 Å². The number of thiophene rings is 4. The summed E-state index contributed by atoms with van der Waals surface area (Å²) in [6, 6.07) is 55.6. The van der Waals surface area contributed by atoms with E-state index >= 15 is 0 Å². The lowest BCUT2D eigenvalue weighted by Crippen LogP contribution is -2.44. The first-order chi connectivity index (χ1) is 66.4. The molecule has 141 heavy (non-hydrogen) atoms. The van der Waals surface area contributed by atoms with Gasteiger partial charge < -0.3 is 25.8 Å². The standard InChI is InChI=1S/C19H17F3N4O.C18H15F3N4O.C17H17N3OS.C15H17F3N4OS.2C12H13F3N4OS/c1-25(2)18(27)15-10-6-9-14(23-15)16-11-17(19(20,21)22)24-26(16)12-13-7-4-3-5-8-13;1-24(2)17(26)14-10-12(8-9-22-14)15-11-16(18(19,20)21)23-25(15)13-6-4-3-5-7-13;1-19(2)17(21)16-10-9-15(22-16)14-11-13(18-20(14)3)12-7-5-4-6-8-12;1-21-13(15(16,17)18)9-10(19-21)11-5-6-12(24-11)14(23)20-22-7-3-2-4-8-22;1-18(2)17-11(20)9-5-4-8(21-9)7-6-10(12(13,14)15)19(3)16-7;1-19-10(12(13,14)15)6-7(18-19)8-2-3-9(21-8)11(20)17-5-4-16/h3-11H,12H2,1-2H3;3-11H,1-2H3;4-11H,1-3H3;5-6,9H,2-4,7-8H2,1H3,(H,20,23);4-6H,1-3H3,(H,17,20);2-3,6H,4-5,16H2,1H3,(H,17,20). The van der Waals surface area contributed by atoms with Crippen molar-refractivity contribution in [2.24, 2.45) is 33.9 Å². The van der Waals surface area contributed by atoms with Crippen LogP contribution < -0.4 is 21.9 Å². The van der Waals surface area contributed by atoms with Crippen molar-refractivity contribution in [2.45, 2.75) is 56.7 Å². The smallest absolute Gasteiger partial charge is 0.350 e. The summed E-state index contributed by atoms with van der Waals surface area (Å²) in [5.41, 5.74) is 12.5. The molecule has 1 aliphatic rings. The van der Waals surface area contributed by atoms with Crippen molar-refractivity contribution in [2.75, 3.05) is 82.6 Å². The first-order valence-electron chi connectivity index (χ1n) is 42.3. The van der Waals surface area contributed by atoms with Crippen molar-refractivity contribution < 1.29 is 94.6 Å². The Kier molecular flexibility index (Phi) is 35.1. The van der Waals surface area contributed by atoms with E-state index in [9.17, 15) is 94.6 Å². The Labute approximate surface area is 812 Å². The topological polar surface area (TPSA) is 313 Å². The average Bonchev–Trinajstić information content (AvgIpc) is 1.61. The molecule has 16 rings (SSSR count). The molecule has 48 heteroatoms. The molecule has 6 amide bonds. The van der Waals surface area contributed by atoms with Crippen molar-refractivity contribution >= 4 is 80.8 Å². The Bertz CT molecular complexity index is 6790. The molecule has 0 saturated carbocycles. The third-order valence-corrected chi connectivity index (χ3v) is 24.5. The Balaban J connectivity index is 0.000000162. The maximum Gasteiger partial charge on any atom is 0.435 e. The van der Waals surface area contributed by atoms with Crippen molar-refractivity contribution in [3.05, 3.63) is 277 Å². The molecule has 0 spiro atoms. The third-order valence-electron chi connectivity index (χ3n) is 20.1. The van der Waals surface area contributed by atoms with Crippen LogP contribution in [0.3, 0.4) is 0 Å². The number of nitrogens with two attached hydrogens (primary N) is 1. The molecule has 12 aromatic heterocycles. The van der Waals surface area contributed by atoms with Crippen LogP contribution in [0.5, 0.6) is 0 Å². The van der Waals surface area contributed by atoms with Gasteiger partial charge in [0.05, 0.1) is 79.7 Å². The summed E-state index contributed by atoms with van der Waals surface area (Å²) < 4.78 is 201. The van der Waals surface area contributed by atoms with Crippen molar-refractivity contribution in [1.82, 2.24) is 110 Å². The minimum atomic E-state index is -4.58. The molecule has 0 radical (unpaired) electrons. The third kappa shape index (κ3) is 28.5. The molecule has 3 aromatic carbocycles. The summed E-state index contributed by atoms with van der Waals surface area (Å²) in [7, 11) is 18.8. The van der Waals surface area contributed by atoms with E-state index in [1.807, 2.05) is 65.3 Å². The first-order valence-corrected chi connectivity index (χ1v) is 45.6. The van der Waals surface area contributed by atoms with Gasteiger partial charge in [-0.3, -0.25) is 68.0 Å². The van der Waals surface area contributed by atoms with Crippen LogP contribution in [0.4, 0.5) is 65.9 Å². The molecule has 744 valence electrons. The second-order valence-corrected chi connectivity index (χ2v) is 36.0. The van der Waals surface area contributed by atoms with E-state index < -0.39 is 59.4 Å². The predicted octanol–water partition coefficient (Wildman–Crippen LogP) is 18.4. The number of hydrazine groups is 2. The number of halogens is 15. The zero-order valence-electron chi connectivity index (χ0n) is 77.2. The fourth-order valence-corrected chi connectivity index (χ4v) is 17.0. The summed E-state index contributed by atoms with van der Waals surface area (Å²) in [6.07, 6.45) is -17.9. The van der Waals surface area contributed by atoms with Gasteiger partial charge in [0.2, 0.25) is 0 Å². The largest absolute Gasteiger partial charge is 0.435 e. The summed E-state index contributed by atoms with van der Waals surface area (Å²) in [5.74, 6) is -1.50. The maximum absolute atomic E-state index is 13.2. The number of carbonyl (C=O) groups excluding carboxylic acids is 6. The zero-order chi connectivity index (χ0) is 103. The first kappa shape index (κ1) is 107. The molecule has 29 nitrogen and oxygen atoms in total. The number of alkyl halides is 15. The van der Waals surface area contributed by atoms with Crippen LogP contribution in [0, 0.1) is 0 Å². The molecule has 5 N–H and O–H groups in total. The van der Waals surface area contributed by atoms with Crippen molar-refractivity contribution in [1.29, 1.82) is 0 Å². The van der Waals surface area contributed by atoms with Gasteiger partial charge in [-0.2, -0.15) is 96.4 Å². The lowest BCUT2D eigenvalue weighted by Gasteiger charge is -2.26. The van der Waals surface area contributed by atoms with Gasteiger partial charge in [-0.25, -0.2) is 19.7 Å². The highest BCUT2D eigenvalue weighted by molar-refractivity contribution is 7.18. The second kappa shape index (κ2) is 46.2. The van der Waals surface area contributed by atoms with E-state index in [1.165, 1.54) is 75.0 Å². The van der Waals surface area contributed by atoms with Gasteiger partial charge >= 0.3 is 30.9 Å². The number of hydrogen-bond acceptors (Lipinski definition) is 21. The SMILES string of the molecule is CN(C)C(=O)c1cc(-c2cc(C(F)(F)F)nn2-c2ccccc2)ccn1.CN(C)C(=O)c1ccc(-c2cc(-c3ccccc3)nn2C)s1.CN(C)C(=O)c1cccc(-c2cc(C(F)(F)F)nn2Cc2ccccc2)n1.CN(C)NC(=O)c1ccc(-c2cc(C(F)(F)F)n(C)n2)s1.Cn1nc(-c2ccc(C(=O)NCCN)s2)cc1C(F)(F)F.Cn1nc(-c2ccc(C(=O)NN3CCCCC3)s2)cc1C(F)(F)F. The zero-order valence-corrected chi connectivity index (χ0v) is 80.5. The number of nitrogens with zero attached hydrogens (tertiary/aromatic N) is 19. The minimum absolute atomic E-state index is 0.0294. The Morgan fingerprint density at radius 3 is 1.32 bits per heavy atom. The number of rotatable bonds is 20. The van der Waals surface area contributed by atoms with E-state index in [0.29, 0.717) is 53.6 Å². The van der Waals surface area contributed by atoms with Gasteiger partial charge in [-0.1, -0.05) is 91.3 Å². The van der Waals surface area contributed by atoms with E-state index in [4.69, 9.17) is 5.73 Å². The van der Waals surface area contributed by atoms with Gasteiger partial charge in [-0.05, 0) is 140 Å². The Morgan fingerprint density at radius 1 is 0.390 bits per heavy atom. The Morgan fingerprint density at radius 2 is 0.837 bits per heavy atom. The lowest BCUT2D eigenvalue weighted by atomic mass is 10.1. The quantitative estimate of drug-likeness (QED) is 0.0407. The molecular weight excluding hydrogens is 1950 g/mol. The van der Waals surface area contributed by atoms with Crippen LogP contribution in [0.2, 0.25) is 0 Å². The number of aryl methyl sites for hydroxylation is 4. The fraction of sp³-hybridized carbons (Fsp3) is 0.269. The normalized spacial score (nSPS) is 12.3. The molecule has 0 atom stereocenters. The number of para-hydroxylation sites is 1. The molecule has 1 saturated heterocycles. The molecule has 1 fully saturated rings. The molecule has 15 aromatic rings. The summed E-state index contributed by atoms with van der Waals surface area (Å²) in [4.78, 5) is 89.1. The van der Waals surface area contributed by atoms with Gasteiger partial charge in [-0.15, -0.1) is 45.3 Å². The van der Waals surface area contributed by atoms with Gasteiger partial charge in [0.25, 0.3) is 35.4 Å². The molecule has 1 aliphatic heterocycles. The van der Waals surface area contributed by atoms with E-state index in [-0.39, 0.29) is 87.5 Å². The summed E-state index contributed by atoms with van der Waals surface area (Å²) >= 11 is 4.79. The predicted molar refractivity (Wildman–Crippen MR) is 504 cm³/mol. The van der Waals surface area contributed by atoms with Crippen LogP contribution >= 0.6 is 45.3 Å². The fourth-order valence-electron chi connectivity index (χ4n) is 13.3. The molecule has 0 aliphatic carbocycles. The monoisotopic (exact) mass is 2040 g/mol. The second-order valence-electron chi connectivity index (χ2n) is 31.7. The number of piperidine rings is 1. The number of carbonyl (C=O) groups is 6. The number of pyridine rings is 2. The summed E-state index contributed by atoms with van der Waals surface area (Å²) in [6.45, 7) is 2.45. The lowest BCUT2D eigenvalue weighted by molar-refractivity contribution is -0.144. The van der Waals surface area contributed by atoms with Gasteiger partial charge in [0.15, 0.2) is 11.4 Å².